The van der Waals surface area contributed by atoms with Crippen molar-refractivity contribution < 1.29 is 14.3 Å². The van der Waals surface area contributed by atoms with Crippen molar-refractivity contribution >= 4 is 49.9 Å². The minimum atomic E-state index is -0.427. The van der Waals surface area contributed by atoms with Crippen LogP contribution in [0.1, 0.15) is 27.8 Å². The summed E-state index contributed by atoms with van der Waals surface area (Å²) in [6, 6.07) is 19.2. The highest BCUT2D eigenvalue weighted by Crippen LogP contribution is 2.36. The molecule has 3 aromatic rings. The van der Waals surface area contributed by atoms with E-state index in [1.165, 1.54) is 10.5 Å². The summed E-state index contributed by atoms with van der Waals surface area (Å²) in [5.74, 6) is 0.314. The van der Waals surface area contributed by atoms with Crippen molar-refractivity contribution in [2.24, 2.45) is 0 Å². The molecular weight excluding hydrogens is 548 g/mol. The molecule has 5 nitrogen and oxygen atoms in total. The van der Waals surface area contributed by atoms with E-state index in [0.29, 0.717) is 12.4 Å². The summed E-state index contributed by atoms with van der Waals surface area (Å²) >= 11 is 7.11. The lowest BCUT2D eigenvalue weighted by Gasteiger charge is -2.12. The second kappa shape index (κ2) is 9.93. The Balaban J connectivity index is 1.49. The molecule has 0 atom stereocenters. The van der Waals surface area contributed by atoms with Gasteiger partial charge in [0, 0.05) is 0 Å². The van der Waals surface area contributed by atoms with Crippen molar-refractivity contribution in [1.82, 2.24) is 10.2 Å². The number of benzene rings is 3. The van der Waals surface area contributed by atoms with Crippen LogP contribution >= 0.6 is 31.9 Å². The highest BCUT2D eigenvalue weighted by molar-refractivity contribution is 9.11. The summed E-state index contributed by atoms with van der Waals surface area (Å²) < 4.78 is 7.47. The summed E-state index contributed by atoms with van der Waals surface area (Å²) in [5.41, 5.74) is 5.23. The van der Waals surface area contributed by atoms with Gasteiger partial charge in [-0.1, -0.05) is 59.7 Å². The van der Waals surface area contributed by atoms with E-state index in [2.05, 4.69) is 37.2 Å². The SMILES string of the molecule is Cc1ccc(COc2c(Br)cc(/C=C3/NC(=O)N(Cc4cccc(C)c4)C3=O)cc2Br)cc1. The first-order valence-electron chi connectivity index (χ1n) is 10.4. The smallest absolute Gasteiger partial charge is 0.329 e. The monoisotopic (exact) mass is 568 g/mol. The maximum absolute atomic E-state index is 12.9. The Morgan fingerprint density at radius 2 is 1.61 bits per heavy atom. The molecule has 3 amide bonds. The Hall–Kier alpha value is -2.90. The van der Waals surface area contributed by atoms with Crippen LogP contribution in [0.15, 0.2) is 75.3 Å². The Morgan fingerprint density at radius 3 is 2.27 bits per heavy atom. The fourth-order valence-electron chi connectivity index (χ4n) is 3.52. The van der Waals surface area contributed by atoms with Gasteiger partial charge in [-0.2, -0.15) is 0 Å². The first-order chi connectivity index (χ1) is 15.8. The van der Waals surface area contributed by atoms with Gasteiger partial charge in [0.15, 0.2) is 0 Å². The maximum atomic E-state index is 12.9. The van der Waals surface area contributed by atoms with Gasteiger partial charge in [0.25, 0.3) is 5.91 Å². The predicted octanol–water partition coefficient (Wildman–Crippen LogP) is 6.50. The number of aryl methyl sites for hydroxylation is 2. The number of urea groups is 1. The molecule has 0 saturated carbocycles. The minimum absolute atomic E-state index is 0.225. The molecule has 1 aliphatic rings. The predicted molar refractivity (Wildman–Crippen MR) is 136 cm³/mol. The molecule has 3 aromatic carbocycles. The molecule has 1 fully saturated rings. The van der Waals surface area contributed by atoms with Crippen molar-refractivity contribution in [3.63, 3.8) is 0 Å². The Bertz CT molecular complexity index is 1230. The van der Waals surface area contributed by atoms with E-state index in [4.69, 9.17) is 4.74 Å². The fourth-order valence-corrected chi connectivity index (χ4v) is 4.97. The average Bonchev–Trinajstić information content (AvgIpc) is 3.02. The Kier molecular flexibility index (Phi) is 7.00. The van der Waals surface area contributed by atoms with Gasteiger partial charge in [0.1, 0.15) is 18.1 Å². The lowest BCUT2D eigenvalue weighted by atomic mass is 10.1. The molecule has 168 valence electrons. The maximum Gasteiger partial charge on any atom is 0.329 e. The van der Waals surface area contributed by atoms with Crippen molar-refractivity contribution in [3.8, 4) is 5.75 Å². The van der Waals surface area contributed by atoms with Crippen LogP contribution in [0.5, 0.6) is 5.75 Å². The summed E-state index contributed by atoms with van der Waals surface area (Å²) in [5, 5.41) is 2.68. The number of amides is 3. The molecule has 0 radical (unpaired) electrons. The quantitative estimate of drug-likeness (QED) is 0.272. The first kappa shape index (κ1) is 23.3. The molecule has 7 heteroatoms. The molecule has 0 aromatic heterocycles. The highest BCUT2D eigenvalue weighted by Gasteiger charge is 2.33. The van der Waals surface area contributed by atoms with Crippen LogP contribution in [0.25, 0.3) is 6.08 Å². The van der Waals surface area contributed by atoms with Gasteiger partial charge in [-0.3, -0.25) is 9.69 Å². The van der Waals surface area contributed by atoms with E-state index in [-0.39, 0.29) is 18.1 Å². The van der Waals surface area contributed by atoms with Gasteiger partial charge in [-0.15, -0.1) is 0 Å². The zero-order valence-corrected chi connectivity index (χ0v) is 21.4. The zero-order valence-electron chi connectivity index (χ0n) is 18.2. The first-order valence-corrected chi connectivity index (χ1v) is 12.0. The van der Waals surface area contributed by atoms with Crippen LogP contribution in [-0.4, -0.2) is 16.8 Å². The molecule has 1 saturated heterocycles. The number of nitrogens with zero attached hydrogens (tertiary/aromatic N) is 1. The number of hydrogen-bond acceptors (Lipinski definition) is 3. The topological polar surface area (TPSA) is 58.6 Å². The number of ether oxygens (including phenoxy) is 1. The zero-order chi connectivity index (χ0) is 23.5. The number of imide groups is 1. The van der Waals surface area contributed by atoms with Crippen LogP contribution in [0, 0.1) is 13.8 Å². The van der Waals surface area contributed by atoms with Crippen molar-refractivity contribution in [1.29, 1.82) is 0 Å². The molecule has 0 aliphatic carbocycles. The van der Waals surface area contributed by atoms with E-state index in [1.807, 2.05) is 74.5 Å². The molecular formula is C26H22Br2N2O3. The third-order valence-electron chi connectivity index (χ3n) is 5.22. The third kappa shape index (κ3) is 5.54. The lowest BCUT2D eigenvalue weighted by Crippen LogP contribution is -2.30. The Labute approximate surface area is 209 Å². The third-order valence-corrected chi connectivity index (χ3v) is 6.40. The summed E-state index contributed by atoms with van der Waals surface area (Å²) in [6.07, 6.45) is 1.66. The van der Waals surface area contributed by atoms with E-state index < -0.39 is 6.03 Å². The number of halogens is 2. The fraction of sp³-hybridized carbons (Fsp3) is 0.154. The van der Waals surface area contributed by atoms with Crippen molar-refractivity contribution in [3.05, 3.63) is 103 Å². The van der Waals surface area contributed by atoms with Crippen LogP contribution < -0.4 is 10.1 Å². The van der Waals surface area contributed by atoms with Crippen LogP contribution in [0.3, 0.4) is 0 Å². The van der Waals surface area contributed by atoms with Gasteiger partial charge in [-0.05, 0) is 80.6 Å². The second-order valence-corrected chi connectivity index (χ2v) is 9.67. The molecule has 1 N–H and O–H groups in total. The number of nitrogens with one attached hydrogen (secondary N) is 1. The van der Waals surface area contributed by atoms with Crippen LogP contribution in [0.4, 0.5) is 4.79 Å². The van der Waals surface area contributed by atoms with Crippen LogP contribution in [-0.2, 0) is 17.9 Å². The molecule has 4 rings (SSSR count). The summed E-state index contributed by atoms with van der Waals surface area (Å²) in [4.78, 5) is 26.5. The molecule has 0 unspecified atom stereocenters. The average molecular weight is 570 g/mol. The molecule has 0 spiro atoms. The molecule has 1 aliphatic heterocycles. The minimum Gasteiger partial charge on any atom is -0.487 e. The van der Waals surface area contributed by atoms with Crippen molar-refractivity contribution in [2.75, 3.05) is 0 Å². The normalized spacial score (nSPS) is 14.7. The summed E-state index contributed by atoms with van der Waals surface area (Å²) in [7, 11) is 0. The van der Waals surface area contributed by atoms with E-state index in [0.717, 1.165) is 31.2 Å². The van der Waals surface area contributed by atoms with E-state index >= 15 is 0 Å². The second-order valence-electron chi connectivity index (χ2n) is 7.96. The summed E-state index contributed by atoms with van der Waals surface area (Å²) in [6.45, 7) is 4.68. The molecule has 0 bridgehead atoms. The van der Waals surface area contributed by atoms with Crippen LogP contribution in [0.2, 0.25) is 0 Å². The van der Waals surface area contributed by atoms with Gasteiger partial charge < -0.3 is 10.1 Å². The van der Waals surface area contributed by atoms with Gasteiger partial charge in [0.2, 0.25) is 0 Å². The van der Waals surface area contributed by atoms with E-state index in [1.54, 1.807) is 6.08 Å². The van der Waals surface area contributed by atoms with E-state index in [9.17, 15) is 9.59 Å². The molecule has 1 heterocycles. The van der Waals surface area contributed by atoms with Gasteiger partial charge in [0.05, 0.1) is 15.5 Å². The lowest BCUT2D eigenvalue weighted by molar-refractivity contribution is -0.123. The van der Waals surface area contributed by atoms with Crippen molar-refractivity contribution in [2.45, 2.75) is 27.0 Å². The highest BCUT2D eigenvalue weighted by atomic mass is 79.9. The number of carbonyl (C=O) groups is 2. The largest absolute Gasteiger partial charge is 0.487 e. The number of hydrogen-bond donors (Lipinski definition) is 1. The van der Waals surface area contributed by atoms with Gasteiger partial charge in [-0.25, -0.2) is 4.79 Å². The number of carbonyl (C=O) groups excluding carboxylic acids is 2. The Morgan fingerprint density at radius 1 is 0.909 bits per heavy atom. The van der Waals surface area contributed by atoms with Gasteiger partial charge >= 0.3 is 6.03 Å². The standard InChI is InChI=1S/C26H22Br2N2O3/c1-16-6-8-18(9-7-16)15-33-24-21(27)11-20(12-22(24)28)13-23-25(31)30(26(32)29-23)14-19-5-3-4-17(2)10-19/h3-13H,14-15H2,1-2H3,(H,29,32)/b23-13+. The number of rotatable bonds is 6. The molecule has 33 heavy (non-hydrogen) atoms.